The second-order valence-corrected chi connectivity index (χ2v) is 7.13. The molecule has 2 aromatic rings. The van der Waals surface area contributed by atoms with Crippen LogP contribution in [-0.2, 0) is 20.4 Å². The molecule has 4 N–H and O–H groups in total. The van der Waals surface area contributed by atoms with Crippen molar-refractivity contribution >= 4 is 27.4 Å². The van der Waals surface area contributed by atoms with E-state index < -0.39 is 26.5 Å². The number of hydrogen-bond acceptors (Lipinski definition) is 6. The molecule has 0 heterocycles. The van der Waals surface area contributed by atoms with Crippen molar-refractivity contribution in [2.24, 2.45) is 5.73 Å². The number of rotatable bonds is 6. The second-order valence-electron chi connectivity index (χ2n) is 5.44. The highest BCUT2D eigenvalue weighted by atomic mass is 32.2. The summed E-state index contributed by atoms with van der Waals surface area (Å²) >= 11 is 0. The summed E-state index contributed by atoms with van der Waals surface area (Å²) in [5.74, 6) is -1.26. The molecule has 0 aromatic heterocycles. The van der Waals surface area contributed by atoms with E-state index in [1.807, 2.05) is 0 Å². The zero-order valence-electron chi connectivity index (χ0n) is 13.0. The van der Waals surface area contributed by atoms with Crippen LogP contribution in [0.4, 0.5) is 11.4 Å². The molecule has 2 aromatic carbocycles. The van der Waals surface area contributed by atoms with E-state index in [1.54, 1.807) is 0 Å². The van der Waals surface area contributed by atoms with E-state index >= 15 is 0 Å². The van der Waals surface area contributed by atoms with Gasteiger partial charge in [-0.25, -0.2) is 13.2 Å². The third kappa shape index (κ3) is 3.92. The Labute approximate surface area is 143 Å². The molecule has 0 bridgehead atoms. The maximum atomic E-state index is 12.3. The van der Waals surface area contributed by atoms with Crippen LogP contribution in [0.25, 0.3) is 0 Å². The molecule has 0 amide bonds. The first-order chi connectivity index (χ1) is 11.5. The summed E-state index contributed by atoms with van der Waals surface area (Å²) < 4.78 is 27.0. The lowest BCUT2D eigenvalue weighted by Crippen LogP contribution is -2.41. The Kier molecular flexibility index (Phi) is 4.77. The molecule has 0 aliphatic carbocycles. The van der Waals surface area contributed by atoms with E-state index in [0.29, 0.717) is 0 Å². The number of nitrogens with zero attached hydrogens (tertiary/aromatic N) is 1. The van der Waals surface area contributed by atoms with Crippen LogP contribution < -0.4 is 10.5 Å². The van der Waals surface area contributed by atoms with Gasteiger partial charge in [0.15, 0.2) is 0 Å². The number of non-ortho nitro benzene ring substituents is 1. The number of nitro groups is 1. The third-order valence-corrected chi connectivity index (χ3v) is 4.91. The van der Waals surface area contributed by atoms with Crippen molar-refractivity contribution < 1.29 is 23.2 Å². The van der Waals surface area contributed by atoms with Gasteiger partial charge in [0, 0.05) is 17.8 Å². The SMILES string of the molecule is CC(N)(C(=O)O)c1cccc(NS(=O)(=O)c2ccc([N+](=O)[O-])cc2)c1. The lowest BCUT2D eigenvalue weighted by atomic mass is 9.93. The van der Waals surface area contributed by atoms with Gasteiger partial charge in [0.25, 0.3) is 15.7 Å². The normalized spacial score (nSPS) is 13.7. The van der Waals surface area contributed by atoms with Gasteiger partial charge < -0.3 is 10.8 Å². The minimum atomic E-state index is -4.00. The molecule has 0 radical (unpaired) electrons. The number of nitrogens with two attached hydrogens (primary N) is 1. The molecular weight excluding hydrogens is 350 g/mol. The van der Waals surface area contributed by atoms with Crippen molar-refractivity contribution in [1.82, 2.24) is 0 Å². The number of benzene rings is 2. The van der Waals surface area contributed by atoms with Gasteiger partial charge in [-0.15, -0.1) is 0 Å². The standard InChI is InChI=1S/C15H15N3O6S/c1-15(16,14(19)20)10-3-2-4-11(9-10)17-25(23,24)13-7-5-12(6-8-13)18(21)22/h2-9,17H,16H2,1H3,(H,19,20). The predicted molar refractivity (Wildman–Crippen MR) is 89.5 cm³/mol. The van der Waals surface area contributed by atoms with Gasteiger partial charge in [-0.2, -0.15) is 0 Å². The van der Waals surface area contributed by atoms with E-state index in [4.69, 9.17) is 10.8 Å². The number of carboxylic acid groups (broad SMARTS) is 1. The molecule has 1 atom stereocenters. The predicted octanol–water partition coefficient (Wildman–Crippen LogP) is 1.65. The molecule has 0 fully saturated rings. The van der Waals surface area contributed by atoms with Gasteiger partial charge in [-0.1, -0.05) is 12.1 Å². The van der Waals surface area contributed by atoms with Gasteiger partial charge in [0.05, 0.1) is 9.82 Å². The van der Waals surface area contributed by atoms with Gasteiger partial charge >= 0.3 is 5.97 Å². The molecule has 0 saturated heterocycles. The van der Waals surface area contributed by atoms with Crippen molar-refractivity contribution in [1.29, 1.82) is 0 Å². The topological polar surface area (TPSA) is 153 Å². The Morgan fingerprint density at radius 2 is 1.84 bits per heavy atom. The number of nitrogens with one attached hydrogen (secondary N) is 1. The summed E-state index contributed by atoms with van der Waals surface area (Å²) in [5, 5.41) is 19.8. The van der Waals surface area contributed by atoms with Crippen LogP contribution in [0.3, 0.4) is 0 Å². The van der Waals surface area contributed by atoms with Gasteiger partial charge in [-0.3, -0.25) is 14.8 Å². The summed E-state index contributed by atoms with van der Waals surface area (Å²) in [6.45, 7) is 1.29. The van der Waals surface area contributed by atoms with Crippen LogP contribution in [0.2, 0.25) is 0 Å². The number of nitro benzene ring substituents is 1. The van der Waals surface area contributed by atoms with Crippen molar-refractivity contribution in [2.45, 2.75) is 17.4 Å². The third-order valence-electron chi connectivity index (χ3n) is 3.52. The Morgan fingerprint density at radius 1 is 1.24 bits per heavy atom. The summed E-state index contributed by atoms with van der Waals surface area (Å²) in [5.41, 5.74) is 4.14. The largest absolute Gasteiger partial charge is 0.480 e. The summed E-state index contributed by atoms with van der Waals surface area (Å²) in [6.07, 6.45) is 0. The van der Waals surface area contributed by atoms with Crippen LogP contribution >= 0.6 is 0 Å². The molecule has 0 aliphatic heterocycles. The monoisotopic (exact) mass is 365 g/mol. The number of anilines is 1. The molecule has 0 saturated carbocycles. The summed E-state index contributed by atoms with van der Waals surface area (Å²) in [7, 11) is -4.00. The molecule has 25 heavy (non-hydrogen) atoms. The molecule has 10 heteroatoms. The van der Waals surface area contributed by atoms with Crippen molar-refractivity contribution in [3.8, 4) is 0 Å². The first-order valence-corrected chi connectivity index (χ1v) is 8.42. The zero-order chi connectivity index (χ0) is 18.8. The number of aliphatic carboxylic acids is 1. The zero-order valence-corrected chi connectivity index (χ0v) is 13.9. The minimum Gasteiger partial charge on any atom is -0.480 e. The smallest absolute Gasteiger partial charge is 0.328 e. The fourth-order valence-electron chi connectivity index (χ4n) is 1.99. The molecular formula is C15H15N3O6S. The van der Waals surface area contributed by atoms with Crippen LogP contribution in [-0.4, -0.2) is 24.4 Å². The van der Waals surface area contributed by atoms with Crippen LogP contribution in [0.1, 0.15) is 12.5 Å². The number of carboxylic acids is 1. The lowest BCUT2D eigenvalue weighted by Gasteiger charge is -2.20. The number of carbonyl (C=O) groups is 1. The average molecular weight is 365 g/mol. The average Bonchev–Trinajstić information content (AvgIpc) is 2.54. The first-order valence-electron chi connectivity index (χ1n) is 6.94. The highest BCUT2D eigenvalue weighted by Crippen LogP contribution is 2.24. The first kappa shape index (κ1) is 18.4. The van der Waals surface area contributed by atoms with E-state index in [0.717, 1.165) is 24.3 Å². The number of hydrogen-bond donors (Lipinski definition) is 3. The maximum Gasteiger partial charge on any atom is 0.328 e. The molecule has 132 valence electrons. The number of sulfonamides is 1. The second kappa shape index (κ2) is 6.49. The highest BCUT2D eigenvalue weighted by Gasteiger charge is 2.30. The Bertz CT molecular complexity index is 923. The summed E-state index contributed by atoms with van der Waals surface area (Å²) in [6, 6.07) is 10.1. The minimum absolute atomic E-state index is 0.119. The van der Waals surface area contributed by atoms with Crippen LogP contribution in [0.5, 0.6) is 0 Å². The molecule has 2 rings (SSSR count). The Hall–Kier alpha value is -2.98. The van der Waals surface area contributed by atoms with Gasteiger partial charge in [0.1, 0.15) is 5.54 Å². The molecule has 1 unspecified atom stereocenters. The van der Waals surface area contributed by atoms with Crippen molar-refractivity contribution in [2.75, 3.05) is 4.72 Å². The van der Waals surface area contributed by atoms with E-state index in [-0.39, 0.29) is 21.8 Å². The maximum absolute atomic E-state index is 12.3. The lowest BCUT2D eigenvalue weighted by molar-refractivity contribution is -0.384. The molecule has 0 spiro atoms. The Morgan fingerprint density at radius 3 is 2.36 bits per heavy atom. The van der Waals surface area contributed by atoms with Crippen LogP contribution in [0.15, 0.2) is 53.4 Å². The van der Waals surface area contributed by atoms with Crippen LogP contribution in [0, 0.1) is 10.1 Å². The molecule has 9 nitrogen and oxygen atoms in total. The fraction of sp³-hybridized carbons (Fsp3) is 0.133. The van der Waals surface area contributed by atoms with Gasteiger partial charge in [0.2, 0.25) is 0 Å². The van der Waals surface area contributed by atoms with Crippen molar-refractivity contribution in [3.05, 3.63) is 64.2 Å². The van der Waals surface area contributed by atoms with Crippen molar-refractivity contribution in [3.63, 3.8) is 0 Å². The fourth-order valence-corrected chi connectivity index (χ4v) is 3.04. The quantitative estimate of drug-likeness (QED) is 0.519. The van der Waals surface area contributed by atoms with E-state index in [1.165, 1.54) is 31.2 Å². The van der Waals surface area contributed by atoms with Gasteiger partial charge in [-0.05, 0) is 36.8 Å². The summed E-state index contributed by atoms with van der Waals surface area (Å²) in [4.78, 5) is 21.0. The van der Waals surface area contributed by atoms with E-state index in [9.17, 15) is 23.3 Å². The van der Waals surface area contributed by atoms with E-state index in [2.05, 4.69) is 4.72 Å². The molecule has 0 aliphatic rings. The Balaban J connectivity index is 2.32. The highest BCUT2D eigenvalue weighted by molar-refractivity contribution is 7.92.